The van der Waals surface area contributed by atoms with Crippen LogP contribution >= 0.6 is 0 Å². The summed E-state index contributed by atoms with van der Waals surface area (Å²) in [7, 11) is 0. The van der Waals surface area contributed by atoms with E-state index in [0.29, 0.717) is 37.4 Å². The molecule has 1 saturated heterocycles. The number of nitrogens with one attached hydrogen (secondary N) is 1. The molecule has 1 saturated carbocycles. The zero-order chi connectivity index (χ0) is 19.7. The van der Waals surface area contributed by atoms with Gasteiger partial charge in [-0.15, -0.1) is 0 Å². The summed E-state index contributed by atoms with van der Waals surface area (Å²) in [6.45, 7) is 3.10. The zero-order valence-corrected chi connectivity index (χ0v) is 16.0. The van der Waals surface area contributed by atoms with Crippen LogP contribution in [0.3, 0.4) is 0 Å². The van der Waals surface area contributed by atoms with Gasteiger partial charge in [0.1, 0.15) is 11.6 Å². The van der Waals surface area contributed by atoms with Gasteiger partial charge < -0.3 is 14.6 Å². The van der Waals surface area contributed by atoms with Gasteiger partial charge in [0.05, 0.1) is 18.7 Å². The van der Waals surface area contributed by atoms with Crippen molar-refractivity contribution in [3.05, 3.63) is 59.3 Å². The second kappa shape index (κ2) is 7.78. The molecule has 2 amide bonds. The molecule has 0 radical (unpaired) electrons. The standard InChI is InChI=1S/C22H25FN2O3/c1-14-9-16(6-7-20(14)23)17-10-18(13-25(12-17)22(27)15-4-5-15)21(26)24-11-19-3-2-8-28-19/h2-3,6-9,15,17-18H,4-5,10-13H2,1H3,(H,24,26)/t17-,18-/m1/s1. The van der Waals surface area contributed by atoms with Crippen LogP contribution in [0, 0.1) is 24.6 Å². The van der Waals surface area contributed by atoms with Gasteiger partial charge in [-0.2, -0.15) is 0 Å². The molecular formula is C22H25FN2O3. The number of carbonyl (C=O) groups excluding carboxylic acids is 2. The fourth-order valence-corrected chi connectivity index (χ4v) is 3.95. The Kier molecular flexibility index (Phi) is 5.20. The Balaban J connectivity index is 1.50. The van der Waals surface area contributed by atoms with Crippen LogP contribution in [0.4, 0.5) is 4.39 Å². The first-order valence-electron chi connectivity index (χ1n) is 9.86. The van der Waals surface area contributed by atoms with Gasteiger partial charge in [-0.25, -0.2) is 4.39 Å². The van der Waals surface area contributed by atoms with E-state index < -0.39 is 0 Å². The third kappa shape index (κ3) is 4.11. The van der Waals surface area contributed by atoms with Crippen molar-refractivity contribution in [2.24, 2.45) is 11.8 Å². The first-order chi connectivity index (χ1) is 13.5. The van der Waals surface area contributed by atoms with Crippen molar-refractivity contribution in [3.8, 4) is 0 Å². The average molecular weight is 384 g/mol. The molecule has 2 aromatic rings. The minimum Gasteiger partial charge on any atom is -0.467 e. The van der Waals surface area contributed by atoms with Crippen molar-refractivity contribution >= 4 is 11.8 Å². The number of hydrogen-bond acceptors (Lipinski definition) is 3. The minimum absolute atomic E-state index is 0.0233. The number of benzene rings is 1. The van der Waals surface area contributed by atoms with Crippen molar-refractivity contribution in [2.45, 2.75) is 38.6 Å². The van der Waals surface area contributed by atoms with E-state index in [0.717, 1.165) is 18.4 Å². The molecule has 0 spiro atoms. The Morgan fingerprint density at radius 3 is 2.71 bits per heavy atom. The molecule has 28 heavy (non-hydrogen) atoms. The highest BCUT2D eigenvalue weighted by Gasteiger charge is 2.39. The fraction of sp³-hybridized carbons (Fsp3) is 0.455. The van der Waals surface area contributed by atoms with Gasteiger partial charge in [-0.3, -0.25) is 9.59 Å². The number of rotatable bonds is 5. The van der Waals surface area contributed by atoms with Gasteiger partial charge in [0.2, 0.25) is 11.8 Å². The third-order valence-corrected chi connectivity index (χ3v) is 5.73. The molecule has 1 aliphatic heterocycles. The number of hydrogen-bond donors (Lipinski definition) is 1. The van der Waals surface area contributed by atoms with Gasteiger partial charge in [0.25, 0.3) is 0 Å². The van der Waals surface area contributed by atoms with E-state index >= 15 is 0 Å². The number of piperidine rings is 1. The highest BCUT2D eigenvalue weighted by molar-refractivity contribution is 5.83. The number of carbonyl (C=O) groups is 2. The maximum Gasteiger partial charge on any atom is 0.225 e. The van der Waals surface area contributed by atoms with Gasteiger partial charge in [-0.1, -0.05) is 12.1 Å². The molecule has 2 atom stereocenters. The molecule has 1 aromatic heterocycles. The molecule has 1 aliphatic carbocycles. The number of furan rings is 1. The topological polar surface area (TPSA) is 62.6 Å². The maximum absolute atomic E-state index is 13.7. The molecule has 1 N–H and O–H groups in total. The molecule has 6 heteroatoms. The predicted molar refractivity (Wildman–Crippen MR) is 102 cm³/mol. The van der Waals surface area contributed by atoms with E-state index in [1.807, 2.05) is 17.0 Å². The summed E-state index contributed by atoms with van der Waals surface area (Å²) in [5.74, 6) is 0.373. The summed E-state index contributed by atoms with van der Waals surface area (Å²) >= 11 is 0. The lowest BCUT2D eigenvalue weighted by Gasteiger charge is -2.37. The van der Waals surface area contributed by atoms with Crippen LogP contribution in [0.2, 0.25) is 0 Å². The zero-order valence-electron chi connectivity index (χ0n) is 16.0. The second-order valence-electron chi connectivity index (χ2n) is 7.95. The Morgan fingerprint density at radius 1 is 1.21 bits per heavy atom. The number of nitrogens with zero attached hydrogens (tertiary/aromatic N) is 1. The van der Waals surface area contributed by atoms with Gasteiger partial charge >= 0.3 is 0 Å². The predicted octanol–water partition coefficient (Wildman–Crippen LogP) is 3.39. The third-order valence-electron chi connectivity index (χ3n) is 5.73. The molecular weight excluding hydrogens is 359 g/mol. The van der Waals surface area contributed by atoms with E-state index in [2.05, 4.69) is 5.32 Å². The summed E-state index contributed by atoms with van der Waals surface area (Å²) < 4.78 is 19.0. The van der Waals surface area contributed by atoms with Crippen LogP contribution in [0.15, 0.2) is 41.0 Å². The summed E-state index contributed by atoms with van der Waals surface area (Å²) in [4.78, 5) is 27.3. The highest BCUT2D eigenvalue weighted by atomic mass is 19.1. The molecule has 148 valence electrons. The molecule has 4 rings (SSSR count). The van der Waals surface area contributed by atoms with Crippen LogP contribution in [0.5, 0.6) is 0 Å². The molecule has 2 fully saturated rings. The lowest BCUT2D eigenvalue weighted by Crippen LogP contribution is -2.48. The molecule has 5 nitrogen and oxygen atoms in total. The minimum atomic E-state index is -0.290. The molecule has 1 aromatic carbocycles. The summed E-state index contributed by atoms with van der Waals surface area (Å²) in [6, 6.07) is 8.68. The normalized spacial score (nSPS) is 22.1. The Hall–Kier alpha value is -2.63. The first kappa shape index (κ1) is 18.7. The van der Waals surface area contributed by atoms with Crippen molar-refractivity contribution in [3.63, 3.8) is 0 Å². The Morgan fingerprint density at radius 2 is 2.04 bits per heavy atom. The van der Waals surface area contributed by atoms with Crippen LogP contribution < -0.4 is 5.32 Å². The number of halogens is 1. The van der Waals surface area contributed by atoms with Crippen molar-refractivity contribution in [1.29, 1.82) is 0 Å². The van der Waals surface area contributed by atoms with Crippen LogP contribution in [-0.4, -0.2) is 29.8 Å². The van der Waals surface area contributed by atoms with Gasteiger partial charge in [0.15, 0.2) is 0 Å². The van der Waals surface area contributed by atoms with E-state index in [9.17, 15) is 14.0 Å². The number of aryl methyl sites for hydroxylation is 1. The van der Waals surface area contributed by atoms with Crippen LogP contribution in [0.1, 0.15) is 42.1 Å². The SMILES string of the molecule is Cc1cc([C@@H]2C[C@@H](C(=O)NCc3ccco3)CN(C(=O)C3CC3)C2)ccc1F. The lowest BCUT2D eigenvalue weighted by molar-refractivity contribution is -0.137. The fourth-order valence-electron chi connectivity index (χ4n) is 3.95. The van der Waals surface area contributed by atoms with Crippen LogP contribution in [0.25, 0.3) is 0 Å². The largest absolute Gasteiger partial charge is 0.467 e. The van der Waals surface area contributed by atoms with E-state index in [-0.39, 0.29) is 35.4 Å². The summed E-state index contributed by atoms with van der Waals surface area (Å²) in [6.07, 6.45) is 4.09. The highest BCUT2D eigenvalue weighted by Crippen LogP contribution is 2.36. The number of likely N-dealkylation sites (tertiary alicyclic amines) is 1. The second-order valence-corrected chi connectivity index (χ2v) is 7.95. The Labute approximate surface area is 163 Å². The van der Waals surface area contributed by atoms with Gasteiger partial charge in [0, 0.05) is 24.9 Å². The van der Waals surface area contributed by atoms with E-state index in [1.54, 1.807) is 25.3 Å². The maximum atomic E-state index is 13.7. The molecule has 0 bridgehead atoms. The smallest absolute Gasteiger partial charge is 0.225 e. The molecule has 2 aliphatic rings. The summed E-state index contributed by atoms with van der Waals surface area (Å²) in [5.41, 5.74) is 1.57. The van der Waals surface area contributed by atoms with E-state index in [1.165, 1.54) is 6.07 Å². The van der Waals surface area contributed by atoms with Crippen molar-refractivity contribution in [1.82, 2.24) is 10.2 Å². The average Bonchev–Trinajstić information content (AvgIpc) is 3.42. The number of amides is 2. The Bertz CT molecular complexity index is 861. The lowest BCUT2D eigenvalue weighted by atomic mass is 9.83. The quantitative estimate of drug-likeness (QED) is 0.860. The summed E-state index contributed by atoms with van der Waals surface area (Å²) in [5, 5.41) is 2.92. The van der Waals surface area contributed by atoms with Gasteiger partial charge in [-0.05, 0) is 55.5 Å². The molecule has 0 unspecified atom stereocenters. The van der Waals surface area contributed by atoms with E-state index in [4.69, 9.17) is 4.42 Å². The van der Waals surface area contributed by atoms with Crippen molar-refractivity contribution < 1.29 is 18.4 Å². The first-order valence-corrected chi connectivity index (χ1v) is 9.86. The molecule has 2 heterocycles. The monoisotopic (exact) mass is 384 g/mol. The van der Waals surface area contributed by atoms with Crippen LogP contribution in [-0.2, 0) is 16.1 Å². The van der Waals surface area contributed by atoms with Crippen molar-refractivity contribution in [2.75, 3.05) is 13.1 Å².